The first kappa shape index (κ1) is 13.3. The van der Waals surface area contributed by atoms with Gasteiger partial charge in [-0.05, 0) is 22.0 Å². The van der Waals surface area contributed by atoms with E-state index in [1.165, 1.54) is 12.3 Å². The molecule has 0 N–H and O–H groups in total. The summed E-state index contributed by atoms with van der Waals surface area (Å²) in [7, 11) is 1.60. The van der Waals surface area contributed by atoms with Crippen LogP contribution in [-0.2, 0) is 9.47 Å². The van der Waals surface area contributed by atoms with Gasteiger partial charge in [-0.25, -0.2) is 9.37 Å². The van der Waals surface area contributed by atoms with Crippen molar-refractivity contribution in [3.63, 3.8) is 0 Å². The summed E-state index contributed by atoms with van der Waals surface area (Å²) < 4.78 is 28.8. The van der Waals surface area contributed by atoms with Crippen LogP contribution in [0.4, 0.5) is 4.39 Å². The summed E-state index contributed by atoms with van der Waals surface area (Å²) in [6.45, 7) is 1.66. The van der Waals surface area contributed by atoms with Crippen LogP contribution in [0.5, 0.6) is 5.88 Å². The molecule has 4 nitrogen and oxygen atoms in total. The summed E-state index contributed by atoms with van der Waals surface area (Å²) in [5.41, 5.74) is 0. The number of pyridine rings is 1. The molecule has 1 aromatic rings. The van der Waals surface area contributed by atoms with Crippen LogP contribution in [0, 0.1) is 5.82 Å². The third-order valence-corrected chi connectivity index (χ3v) is 2.11. The van der Waals surface area contributed by atoms with Crippen molar-refractivity contribution >= 4 is 15.9 Å². The second-order valence-electron chi connectivity index (χ2n) is 2.89. The maximum absolute atomic E-state index is 13.2. The van der Waals surface area contributed by atoms with Gasteiger partial charge in [0.15, 0.2) is 5.82 Å². The van der Waals surface area contributed by atoms with Gasteiger partial charge in [-0.15, -0.1) is 0 Å². The van der Waals surface area contributed by atoms with Gasteiger partial charge in [0.25, 0.3) is 5.88 Å². The monoisotopic (exact) mass is 293 g/mol. The fourth-order valence-electron chi connectivity index (χ4n) is 0.950. The fraction of sp³-hybridized carbons (Fsp3) is 0.500. The first-order chi connectivity index (χ1) is 7.74. The third kappa shape index (κ3) is 4.87. The highest BCUT2D eigenvalue weighted by atomic mass is 79.9. The molecule has 1 rings (SSSR count). The highest BCUT2D eigenvalue weighted by molar-refractivity contribution is 9.10. The Morgan fingerprint density at radius 1 is 1.31 bits per heavy atom. The molecular weight excluding hydrogens is 281 g/mol. The zero-order valence-corrected chi connectivity index (χ0v) is 10.5. The van der Waals surface area contributed by atoms with E-state index >= 15 is 0 Å². The van der Waals surface area contributed by atoms with E-state index in [0.717, 1.165) is 0 Å². The van der Waals surface area contributed by atoms with E-state index in [-0.39, 0.29) is 12.5 Å². The van der Waals surface area contributed by atoms with Crippen LogP contribution in [-0.4, -0.2) is 38.5 Å². The lowest BCUT2D eigenvalue weighted by Gasteiger charge is -2.06. The van der Waals surface area contributed by atoms with Gasteiger partial charge in [0, 0.05) is 17.8 Å². The molecule has 0 saturated carbocycles. The van der Waals surface area contributed by atoms with Crippen molar-refractivity contribution in [2.75, 3.05) is 33.5 Å². The molecule has 90 valence electrons. The molecule has 16 heavy (non-hydrogen) atoms. The number of rotatable bonds is 7. The van der Waals surface area contributed by atoms with Gasteiger partial charge in [-0.2, -0.15) is 0 Å². The van der Waals surface area contributed by atoms with Crippen molar-refractivity contribution in [1.29, 1.82) is 0 Å². The minimum absolute atomic E-state index is 0.0152. The van der Waals surface area contributed by atoms with Gasteiger partial charge in [0.2, 0.25) is 0 Å². The quantitative estimate of drug-likeness (QED) is 0.721. The van der Waals surface area contributed by atoms with Gasteiger partial charge < -0.3 is 14.2 Å². The molecule has 1 aromatic heterocycles. The standard InChI is InChI=1S/C10H13BrFNO3/c1-14-2-3-15-4-5-16-10-9(12)6-8(11)7-13-10/h6-7H,2-5H2,1H3. The lowest BCUT2D eigenvalue weighted by molar-refractivity contribution is 0.0529. The van der Waals surface area contributed by atoms with E-state index in [1.807, 2.05) is 0 Å². The number of ether oxygens (including phenoxy) is 3. The molecule has 0 aromatic carbocycles. The van der Waals surface area contributed by atoms with Crippen molar-refractivity contribution in [2.24, 2.45) is 0 Å². The molecule has 0 aliphatic heterocycles. The predicted molar refractivity (Wildman–Crippen MR) is 60.1 cm³/mol. The molecule has 0 fully saturated rings. The van der Waals surface area contributed by atoms with E-state index in [9.17, 15) is 4.39 Å². The lowest BCUT2D eigenvalue weighted by Crippen LogP contribution is -2.11. The van der Waals surface area contributed by atoms with E-state index in [1.54, 1.807) is 7.11 Å². The van der Waals surface area contributed by atoms with E-state index in [4.69, 9.17) is 14.2 Å². The van der Waals surface area contributed by atoms with Crippen LogP contribution in [0.15, 0.2) is 16.7 Å². The van der Waals surface area contributed by atoms with Crippen LogP contribution in [0.2, 0.25) is 0 Å². The second kappa shape index (κ2) is 7.54. The molecule has 0 atom stereocenters. The SMILES string of the molecule is COCCOCCOc1ncc(Br)cc1F. The number of aromatic nitrogens is 1. The molecule has 0 amide bonds. The number of hydrogen-bond donors (Lipinski definition) is 0. The highest BCUT2D eigenvalue weighted by Crippen LogP contribution is 2.17. The maximum atomic E-state index is 13.2. The minimum Gasteiger partial charge on any atom is -0.473 e. The van der Waals surface area contributed by atoms with Crippen molar-refractivity contribution in [3.05, 3.63) is 22.6 Å². The van der Waals surface area contributed by atoms with E-state index in [2.05, 4.69) is 20.9 Å². The van der Waals surface area contributed by atoms with Crippen molar-refractivity contribution in [3.8, 4) is 5.88 Å². The summed E-state index contributed by atoms with van der Waals surface area (Å²) >= 11 is 3.11. The van der Waals surface area contributed by atoms with Gasteiger partial charge in [-0.3, -0.25) is 0 Å². The summed E-state index contributed by atoms with van der Waals surface area (Å²) in [4.78, 5) is 3.79. The van der Waals surface area contributed by atoms with Gasteiger partial charge in [0.1, 0.15) is 6.61 Å². The normalized spacial score (nSPS) is 10.4. The largest absolute Gasteiger partial charge is 0.473 e. The van der Waals surface area contributed by atoms with Gasteiger partial charge in [0.05, 0.1) is 19.8 Å². The van der Waals surface area contributed by atoms with Gasteiger partial charge >= 0.3 is 0 Å². The molecule has 6 heteroatoms. The molecule has 0 radical (unpaired) electrons. The average Bonchev–Trinajstić information content (AvgIpc) is 2.26. The molecular formula is C10H13BrFNO3. The number of halogens is 2. The van der Waals surface area contributed by atoms with Crippen molar-refractivity contribution in [1.82, 2.24) is 4.98 Å². The Morgan fingerprint density at radius 3 is 2.75 bits per heavy atom. The zero-order valence-electron chi connectivity index (χ0n) is 8.91. The second-order valence-corrected chi connectivity index (χ2v) is 3.81. The van der Waals surface area contributed by atoms with Crippen LogP contribution in [0.3, 0.4) is 0 Å². The van der Waals surface area contributed by atoms with Crippen molar-refractivity contribution in [2.45, 2.75) is 0 Å². The van der Waals surface area contributed by atoms with Crippen LogP contribution >= 0.6 is 15.9 Å². The first-order valence-electron chi connectivity index (χ1n) is 4.74. The highest BCUT2D eigenvalue weighted by Gasteiger charge is 2.04. The predicted octanol–water partition coefficient (Wildman–Crippen LogP) is 2.02. The molecule has 0 spiro atoms. The first-order valence-corrected chi connectivity index (χ1v) is 5.54. The van der Waals surface area contributed by atoms with Crippen LogP contribution in [0.1, 0.15) is 0 Å². The zero-order chi connectivity index (χ0) is 11.8. The summed E-state index contributed by atoms with van der Waals surface area (Å²) in [5.74, 6) is -0.509. The van der Waals surface area contributed by atoms with E-state index < -0.39 is 5.82 Å². The number of hydrogen-bond acceptors (Lipinski definition) is 4. The van der Waals surface area contributed by atoms with Crippen LogP contribution < -0.4 is 4.74 Å². The molecule has 0 unspecified atom stereocenters. The summed E-state index contributed by atoms with van der Waals surface area (Å²) in [6, 6.07) is 1.30. The molecule has 1 heterocycles. The summed E-state index contributed by atoms with van der Waals surface area (Å²) in [5, 5.41) is 0. The Morgan fingerprint density at radius 2 is 2.06 bits per heavy atom. The topological polar surface area (TPSA) is 40.6 Å². The number of methoxy groups -OCH3 is 1. The van der Waals surface area contributed by atoms with Crippen LogP contribution in [0.25, 0.3) is 0 Å². The molecule has 0 bridgehead atoms. The third-order valence-electron chi connectivity index (χ3n) is 1.67. The Balaban J connectivity index is 2.21. The van der Waals surface area contributed by atoms with Crippen molar-refractivity contribution < 1.29 is 18.6 Å². The smallest absolute Gasteiger partial charge is 0.250 e. The minimum atomic E-state index is -0.494. The molecule has 0 saturated heterocycles. The van der Waals surface area contributed by atoms with Gasteiger partial charge in [-0.1, -0.05) is 0 Å². The maximum Gasteiger partial charge on any atom is 0.250 e. The Kier molecular flexibility index (Phi) is 6.29. The number of nitrogens with zero attached hydrogens (tertiary/aromatic N) is 1. The summed E-state index contributed by atoms with van der Waals surface area (Å²) in [6.07, 6.45) is 1.48. The lowest BCUT2D eigenvalue weighted by atomic mass is 10.5. The fourth-order valence-corrected chi connectivity index (χ4v) is 1.25. The van der Waals surface area contributed by atoms with E-state index in [0.29, 0.717) is 24.3 Å². The molecule has 0 aliphatic rings. The average molecular weight is 294 g/mol. The Hall–Kier alpha value is -0.720. The Bertz CT molecular complexity index is 325. The molecule has 0 aliphatic carbocycles. The Labute approximate surface area is 102 Å².